The van der Waals surface area contributed by atoms with Crippen molar-refractivity contribution >= 4 is 5.69 Å². The van der Waals surface area contributed by atoms with Crippen molar-refractivity contribution < 1.29 is 4.74 Å². The van der Waals surface area contributed by atoms with Crippen molar-refractivity contribution in [2.45, 2.75) is 85.7 Å². The van der Waals surface area contributed by atoms with E-state index in [0.29, 0.717) is 19.2 Å². The first-order valence-corrected chi connectivity index (χ1v) is 11.5. The van der Waals surface area contributed by atoms with Crippen LogP contribution in [0.4, 0.5) is 5.69 Å². The van der Waals surface area contributed by atoms with Crippen molar-refractivity contribution in [2.75, 3.05) is 18.1 Å². The van der Waals surface area contributed by atoms with Gasteiger partial charge < -0.3 is 9.64 Å². The number of rotatable bonds is 13. The first-order chi connectivity index (χ1) is 14.5. The lowest BCUT2D eigenvalue weighted by molar-refractivity contribution is 0.293. The Morgan fingerprint density at radius 2 is 1.77 bits per heavy atom. The Morgan fingerprint density at radius 3 is 2.40 bits per heavy atom. The highest BCUT2D eigenvalue weighted by Crippen LogP contribution is 2.22. The highest BCUT2D eigenvalue weighted by atomic mass is 16.5. The van der Waals surface area contributed by atoms with Crippen LogP contribution in [0, 0.1) is 6.92 Å². The molecule has 166 valence electrons. The molecule has 5 nitrogen and oxygen atoms in total. The van der Waals surface area contributed by atoms with Crippen LogP contribution < -0.4 is 15.2 Å². The minimum atomic E-state index is -0.00944. The SMILES string of the molecule is CCCCCCCN(c1ccc(OCCn2c(CC)nc(C)cc2=O)cc1)C(C)C. The van der Waals surface area contributed by atoms with Crippen molar-refractivity contribution in [1.82, 2.24) is 9.55 Å². The maximum absolute atomic E-state index is 12.3. The van der Waals surface area contributed by atoms with Gasteiger partial charge in [0.05, 0.1) is 6.54 Å². The van der Waals surface area contributed by atoms with Gasteiger partial charge in [-0.3, -0.25) is 9.36 Å². The van der Waals surface area contributed by atoms with Gasteiger partial charge in [-0.1, -0.05) is 39.5 Å². The summed E-state index contributed by atoms with van der Waals surface area (Å²) in [6.07, 6.45) is 7.20. The molecule has 0 atom stereocenters. The average Bonchev–Trinajstić information content (AvgIpc) is 2.72. The Morgan fingerprint density at radius 1 is 1.07 bits per heavy atom. The van der Waals surface area contributed by atoms with E-state index in [4.69, 9.17) is 4.74 Å². The lowest BCUT2D eigenvalue weighted by atomic mass is 10.1. The fraction of sp³-hybridized carbons (Fsp3) is 0.600. The molecule has 30 heavy (non-hydrogen) atoms. The van der Waals surface area contributed by atoms with Gasteiger partial charge in [-0.15, -0.1) is 0 Å². The molecule has 1 aromatic carbocycles. The summed E-state index contributed by atoms with van der Waals surface area (Å²) < 4.78 is 7.62. The topological polar surface area (TPSA) is 47.4 Å². The Labute approximate surface area is 182 Å². The molecule has 0 N–H and O–H groups in total. The van der Waals surface area contributed by atoms with Gasteiger partial charge in [-0.2, -0.15) is 0 Å². The predicted molar refractivity (Wildman–Crippen MR) is 126 cm³/mol. The highest BCUT2D eigenvalue weighted by molar-refractivity contribution is 5.49. The molecular weight excluding hydrogens is 374 g/mol. The Hall–Kier alpha value is -2.30. The van der Waals surface area contributed by atoms with Crippen LogP contribution in [-0.4, -0.2) is 28.7 Å². The van der Waals surface area contributed by atoms with E-state index >= 15 is 0 Å². The maximum Gasteiger partial charge on any atom is 0.253 e. The van der Waals surface area contributed by atoms with Crippen molar-refractivity contribution in [3.05, 3.63) is 52.2 Å². The van der Waals surface area contributed by atoms with Crippen LogP contribution in [0.3, 0.4) is 0 Å². The van der Waals surface area contributed by atoms with E-state index in [1.807, 2.05) is 26.0 Å². The summed E-state index contributed by atoms with van der Waals surface area (Å²) in [7, 11) is 0. The van der Waals surface area contributed by atoms with Crippen LogP contribution >= 0.6 is 0 Å². The number of hydrogen-bond acceptors (Lipinski definition) is 4. The summed E-state index contributed by atoms with van der Waals surface area (Å²) in [6, 6.07) is 10.4. The molecule has 0 radical (unpaired) electrons. The second kappa shape index (κ2) is 12.4. The van der Waals surface area contributed by atoms with E-state index < -0.39 is 0 Å². The summed E-state index contributed by atoms with van der Waals surface area (Å²) in [4.78, 5) is 19.2. The van der Waals surface area contributed by atoms with Crippen LogP contribution in [0.5, 0.6) is 5.75 Å². The van der Waals surface area contributed by atoms with Crippen LogP contribution in [0.25, 0.3) is 0 Å². The summed E-state index contributed by atoms with van der Waals surface area (Å²) in [5, 5.41) is 0. The Kier molecular flexibility index (Phi) is 9.92. The first kappa shape index (κ1) is 24.0. The normalized spacial score (nSPS) is 11.1. The lowest BCUT2D eigenvalue weighted by Crippen LogP contribution is -2.31. The third kappa shape index (κ3) is 7.19. The van der Waals surface area contributed by atoms with Gasteiger partial charge >= 0.3 is 0 Å². The fourth-order valence-electron chi connectivity index (χ4n) is 3.75. The van der Waals surface area contributed by atoms with Crippen LogP contribution in [0.1, 0.15) is 71.3 Å². The number of ether oxygens (including phenoxy) is 1. The van der Waals surface area contributed by atoms with E-state index in [9.17, 15) is 4.79 Å². The zero-order valence-corrected chi connectivity index (χ0v) is 19.5. The van der Waals surface area contributed by atoms with E-state index in [1.54, 1.807) is 10.6 Å². The van der Waals surface area contributed by atoms with E-state index in [0.717, 1.165) is 30.2 Å². The molecule has 0 aliphatic heterocycles. The number of nitrogens with zero attached hydrogens (tertiary/aromatic N) is 3. The molecule has 5 heteroatoms. The van der Waals surface area contributed by atoms with Crippen LogP contribution in [-0.2, 0) is 13.0 Å². The highest BCUT2D eigenvalue weighted by Gasteiger charge is 2.11. The monoisotopic (exact) mass is 413 g/mol. The third-order valence-electron chi connectivity index (χ3n) is 5.41. The molecule has 0 aliphatic rings. The van der Waals surface area contributed by atoms with Crippen molar-refractivity contribution in [3.8, 4) is 5.75 Å². The number of aromatic nitrogens is 2. The standard InChI is InChI=1S/C25H39N3O2/c1-6-8-9-10-11-16-27(20(3)4)22-12-14-23(15-13-22)30-18-17-28-24(7-2)26-21(5)19-25(28)29/h12-15,19-20H,6-11,16-18H2,1-5H3. The Bertz CT molecular complexity index is 812. The third-order valence-corrected chi connectivity index (χ3v) is 5.41. The minimum absolute atomic E-state index is 0.00944. The lowest BCUT2D eigenvalue weighted by Gasteiger charge is -2.29. The van der Waals surface area contributed by atoms with Crippen LogP contribution in [0.15, 0.2) is 35.1 Å². The van der Waals surface area contributed by atoms with Gasteiger partial charge in [-0.05, 0) is 51.5 Å². The van der Waals surface area contributed by atoms with E-state index in [1.165, 1.54) is 37.8 Å². The second-order valence-electron chi connectivity index (χ2n) is 8.20. The van der Waals surface area contributed by atoms with E-state index in [-0.39, 0.29) is 5.56 Å². The van der Waals surface area contributed by atoms with Gasteiger partial charge in [0.15, 0.2) is 0 Å². The number of aryl methyl sites for hydroxylation is 2. The summed E-state index contributed by atoms with van der Waals surface area (Å²) in [6.45, 7) is 12.7. The quantitative estimate of drug-likeness (QED) is 0.414. The van der Waals surface area contributed by atoms with Crippen molar-refractivity contribution in [2.24, 2.45) is 0 Å². The zero-order valence-electron chi connectivity index (χ0n) is 19.5. The fourth-order valence-corrected chi connectivity index (χ4v) is 3.75. The molecule has 0 amide bonds. The first-order valence-electron chi connectivity index (χ1n) is 11.5. The number of hydrogen-bond donors (Lipinski definition) is 0. The average molecular weight is 414 g/mol. The second-order valence-corrected chi connectivity index (χ2v) is 8.20. The number of anilines is 1. The van der Waals surface area contributed by atoms with Gasteiger partial charge in [0.2, 0.25) is 0 Å². The Balaban J connectivity index is 1.91. The molecular formula is C25H39N3O2. The number of unbranched alkanes of at least 4 members (excludes halogenated alkanes) is 4. The summed E-state index contributed by atoms with van der Waals surface area (Å²) in [5.41, 5.74) is 1.99. The number of benzene rings is 1. The van der Waals surface area contributed by atoms with Gasteiger partial charge in [0, 0.05) is 36.5 Å². The van der Waals surface area contributed by atoms with Crippen molar-refractivity contribution in [1.29, 1.82) is 0 Å². The molecule has 0 unspecified atom stereocenters. The largest absolute Gasteiger partial charge is 0.492 e. The molecule has 0 saturated heterocycles. The maximum atomic E-state index is 12.3. The molecule has 0 spiro atoms. The molecule has 1 aromatic heterocycles. The summed E-state index contributed by atoms with van der Waals surface area (Å²) in [5.74, 6) is 1.64. The summed E-state index contributed by atoms with van der Waals surface area (Å²) >= 11 is 0. The minimum Gasteiger partial charge on any atom is -0.492 e. The molecule has 2 aromatic rings. The molecule has 2 rings (SSSR count). The van der Waals surface area contributed by atoms with Gasteiger partial charge in [0.25, 0.3) is 5.56 Å². The molecule has 0 bridgehead atoms. The van der Waals surface area contributed by atoms with E-state index in [2.05, 4.69) is 42.8 Å². The molecule has 1 heterocycles. The smallest absolute Gasteiger partial charge is 0.253 e. The molecule has 0 fully saturated rings. The van der Waals surface area contributed by atoms with Gasteiger partial charge in [-0.25, -0.2) is 4.98 Å². The predicted octanol–water partition coefficient (Wildman–Crippen LogP) is 5.38. The molecule has 0 saturated carbocycles. The zero-order chi connectivity index (χ0) is 21.9. The molecule has 0 aliphatic carbocycles. The van der Waals surface area contributed by atoms with Crippen LogP contribution in [0.2, 0.25) is 0 Å². The van der Waals surface area contributed by atoms with Gasteiger partial charge in [0.1, 0.15) is 18.2 Å². The van der Waals surface area contributed by atoms with Crippen molar-refractivity contribution in [3.63, 3.8) is 0 Å².